The SMILES string of the molecule is Cc1cccc(C)c1CC(=O)N1C2CCC1CN(Cc1c(-c3ccc(Cl)cc3)nc3ccccn13)C2. The Morgan fingerprint density at radius 2 is 1.64 bits per heavy atom. The number of nitrogens with zero attached hydrogens (tertiary/aromatic N) is 4. The summed E-state index contributed by atoms with van der Waals surface area (Å²) in [6.07, 6.45) is 4.75. The molecule has 184 valence electrons. The van der Waals surface area contributed by atoms with E-state index in [1.54, 1.807) is 0 Å². The molecule has 0 radical (unpaired) electrons. The number of carbonyl (C=O) groups is 1. The largest absolute Gasteiger partial charge is 0.334 e. The van der Waals surface area contributed by atoms with E-state index >= 15 is 0 Å². The highest BCUT2D eigenvalue weighted by Gasteiger charge is 2.42. The van der Waals surface area contributed by atoms with Gasteiger partial charge in [0.2, 0.25) is 5.91 Å². The van der Waals surface area contributed by atoms with Crippen LogP contribution in [0.15, 0.2) is 66.9 Å². The molecule has 2 atom stereocenters. The first-order valence-electron chi connectivity index (χ1n) is 12.8. The minimum Gasteiger partial charge on any atom is -0.334 e. The van der Waals surface area contributed by atoms with Crippen LogP contribution in [0, 0.1) is 13.8 Å². The van der Waals surface area contributed by atoms with Gasteiger partial charge in [-0.1, -0.05) is 48.0 Å². The summed E-state index contributed by atoms with van der Waals surface area (Å²) in [4.78, 5) is 23.2. The topological polar surface area (TPSA) is 40.9 Å². The van der Waals surface area contributed by atoms with Crippen molar-refractivity contribution in [1.82, 2.24) is 19.2 Å². The van der Waals surface area contributed by atoms with Crippen LogP contribution in [0.2, 0.25) is 5.02 Å². The second-order valence-corrected chi connectivity index (χ2v) is 10.7. The highest BCUT2D eigenvalue weighted by Crippen LogP contribution is 2.34. The fourth-order valence-corrected chi connectivity index (χ4v) is 6.27. The van der Waals surface area contributed by atoms with Crippen molar-refractivity contribution < 1.29 is 4.79 Å². The number of aryl methyl sites for hydroxylation is 2. The molecular formula is C30H31ClN4O. The van der Waals surface area contributed by atoms with Gasteiger partial charge in [-0.3, -0.25) is 9.69 Å². The Morgan fingerprint density at radius 3 is 2.33 bits per heavy atom. The summed E-state index contributed by atoms with van der Waals surface area (Å²) in [7, 11) is 0. The highest BCUT2D eigenvalue weighted by atomic mass is 35.5. The number of benzene rings is 2. The third-order valence-corrected chi connectivity index (χ3v) is 8.19. The van der Waals surface area contributed by atoms with Crippen LogP contribution in [0.25, 0.3) is 16.9 Å². The summed E-state index contributed by atoms with van der Waals surface area (Å²) >= 11 is 6.15. The number of aromatic nitrogens is 2. The van der Waals surface area contributed by atoms with Gasteiger partial charge in [0.15, 0.2) is 0 Å². The number of imidazole rings is 1. The van der Waals surface area contributed by atoms with Gasteiger partial charge < -0.3 is 9.30 Å². The number of hydrogen-bond acceptors (Lipinski definition) is 3. The molecule has 0 N–H and O–H groups in total. The molecule has 0 saturated carbocycles. The lowest BCUT2D eigenvalue weighted by Gasteiger charge is -2.41. The Balaban J connectivity index is 1.24. The van der Waals surface area contributed by atoms with E-state index in [0.717, 1.165) is 54.4 Å². The van der Waals surface area contributed by atoms with Crippen molar-refractivity contribution in [3.8, 4) is 11.3 Å². The van der Waals surface area contributed by atoms with Gasteiger partial charge in [-0.05, 0) is 67.6 Å². The summed E-state index contributed by atoms with van der Waals surface area (Å²) in [5.74, 6) is 0.274. The second-order valence-electron chi connectivity index (χ2n) is 10.3. The van der Waals surface area contributed by atoms with Crippen LogP contribution < -0.4 is 0 Å². The van der Waals surface area contributed by atoms with Crippen molar-refractivity contribution >= 4 is 23.2 Å². The van der Waals surface area contributed by atoms with Gasteiger partial charge in [-0.15, -0.1) is 0 Å². The minimum atomic E-state index is 0.274. The molecule has 4 heterocycles. The standard InChI is InChI=1S/C30H31ClN4O/c1-20-6-5-7-21(2)26(20)16-29(36)35-24-13-14-25(35)18-33(17-24)19-27-30(22-9-11-23(31)12-10-22)32-28-8-3-4-15-34(27)28/h3-12,15,24-25H,13-14,16-19H2,1-2H3. The fraction of sp³-hybridized carbons (Fsp3) is 0.333. The minimum absolute atomic E-state index is 0.274. The third kappa shape index (κ3) is 4.21. The first-order valence-corrected chi connectivity index (χ1v) is 13.2. The molecule has 0 spiro atoms. The van der Waals surface area contributed by atoms with Gasteiger partial charge in [0.25, 0.3) is 0 Å². The van der Waals surface area contributed by atoms with Crippen LogP contribution in [0.3, 0.4) is 0 Å². The number of carbonyl (C=O) groups excluding carboxylic acids is 1. The van der Waals surface area contributed by atoms with Crippen LogP contribution in [-0.2, 0) is 17.8 Å². The lowest BCUT2D eigenvalue weighted by molar-refractivity contribution is -0.136. The molecule has 2 saturated heterocycles. The number of pyridine rings is 1. The Kier molecular flexibility index (Phi) is 6.06. The van der Waals surface area contributed by atoms with Gasteiger partial charge >= 0.3 is 0 Å². The molecule has 4 aromatic rings. The van der Waals surface area contributed by atoms with Crippen LogP contribution >= 0.6 is 11.6 Å². The van der Waals surface area contributed by atoms with Crippen LogP contribution in [-0.4, -0.2) is 50.3 Å². The second kappa shape index (κ2) is 9.38. The summed E-state index contributed by atoms with van der Waals surface area (Å²) in [5, 5.41) is 0.724. The van der Waals surface area contributed by atoms with Crippen molar-refractivity contribution in [2.75, 3.05) is 13.1 Å². The molecule has 2 aliphatic heterocycles. The molecule has 6 rings (SSSR count). The van der Waals surface area contributed by atoms with Gasteiger partial charge in [-0.2, -0.15) is 0 Å². The van der Waals surface area contributed by atoms with Gasteiger partial charge in [0.1, 0.15) is 5.65 Å². The number of likely N-dealkylation sites (tertiary alicyclic amines) is 1. The number of halogens is 1. The van der Waals surface area contributed by atoms with E-state index in [4.69, 9.17) is 16.6 Å². The molecular weight excluding hydrogens is 468 g/mol. The zero-order chi connectivity index (χ0) is 24.8. The molecule has 0 aliphatic carbocycles. The number of fused-ring (bicyclic) bond motifs is 3. The average molecular weight is 499 g/mol. The predicted octanol–water partition coefficient (Wildman–Crippen LogP) is 5.69. The molecule has 36 heavy (non-hydrogen) atoms. The average Bonchev–Trinajstić information content (AvgIpc) is 3.36. The van der Waals surface area contributed by atoms with Crippen molar-refractivity contribution in [2.24, 2.45) is 0 Å². The third-order valence-electron chi connectivity index (χ3n) is 7.94. The molecule has 2 bridgehead atoms. The normalized spacial score (nSPS) is 19.8. The molecule has 2 unspecified atom stereocenters. The zero-order valence-corrected chi connectivity index (χ0v) is 21.6. The summed E-state index contributed by atoms with van der Waals surface area (Å²) in [6, 6.07) is 20.9. The van der Waals surface area contributed by atoms with Gasteiger partial charge in [-0.25, -0.2) is 4.98 Å². The Bertz CT molecular complexity index is 1390. The summed E-state index contributed by atoms with van der Waals surface area (Å²) < 4.78 is 2.20. The Labute approximate surface area is 217 Å². The summed E-state index contributed by atoms with van der Waals surface area (Å²) in [6.45, 7) is 6.81. The number of hydrogen-bond donors (Lipinski definition) is 0. The zero-order valence-electron chi connectivity index (χ0n) is 20.8. The smallest absolute Gasteiger partial charge is 0.227 e. The van der Waals surface area contributed by atoms with E-state index in [0.29, 0.717) is 6.42 Å². The van der Waals surface area contributed by atoms with E-state index < -0.39 is 0 Å². The summed E-state index contributed by atoms with van der Waals surface area (Å²) in [5.41, 5.74) is 7.80. The van der Waals surface area contributed by atoms with Crippen LogP contribution in [0.5, 0.6) is 0 Å². The number of amides is 1. The van der Waals surface area contributed by atoms with Crippen LogP contribution in [0.4, 0.5) is 0 Å². The van der Waals surface area contributed by atoms with E-state index in [1.807, 2.05) is 30.3 Å². The molecule has 2 aliphatic rings. The van der Waals surface area contributed by atoms with Crippen molar-refractivity contribution in [3.63, 3.8) is 0 Å². The van der Waals surface area contributed by atoms with Crippen LogP contribution in [0.1, 0.15) is 35.2 Å². The maximum Gasteiger partial charge on any atom is 0.227 e. The fourth-order valence-electron chi connectivity index (χ4n) is 6.15. The highest BCUT2D eigenvalue weighted by molar-refractivity contribution is 6.30. The monoisotopic (exact) mass is 498 g/mol. The number of rotatable bonds is 5. The van der Waals surface area contributed by atoms with E-state index in [9.17, 15) is 4.79 Å². The van der Waals surface area contributed by atoms with Crippen molar-refractivity contribution in [1.29, 1.82) is 0 Å². The maximum atomic E-state index is 13.5. The lowest BCUT2D eigenvalue weighted by atomic mass is 9.99. The van der Waals surface area contributed by atoms with Crippen molar-refractivity contribution in [2.45, 2.75) is 51.7 Å². The van der Waals surface area contributed by atoms with Crippen molar-refractivity contribution in [3.05, 3.63) is 94.3 Å². The molecule has 2 fully saturated rings. The molecule has 6 heteroatoms. The number of piperazine rings is 1. The van der Waals surface area contributed by atoms with Gasteiger partial charge in [0.05, 0.1) is 17.8 Å². The van der Waals surface area contributed by atoms with E-state index in [1.165, 1.54) is 22.4 Å². The maximum absolute atomic E-state index is 13.5. The van der Waals surface area contributed by atoms with Gasteiger partial charge in [0, 0.05) is 48.5 Å². The molecule has 2 aromatic heterocycles. The van der Waals surface area contributed by atoms with E-state index in [-0.39, 0.29) is 18.0 Å². The quantitative estimate of drug-likeness (QED) is 0.355. The predicted molar refractivity (Wildman–Crippen MR) is 144 cm³/mol. The Hall–Kier alpha value is -3.15. The first kappa shape index (κ1) is 23.3. The molecule has 1 amide bonds. The lowest BCUT2D eigenvalue weighted by Crippen LogP contribution is -2.55. The first-order chi connectivity index (χ1) is 17.5. The Morgan fingerprint density at radius 1 is 0.944 bits per heavy atom. The van der Waals surface area contributed by atoms with E-state index in [2.05, 4.69) is 64.6 Å². The molecule has 5 nitrogen and oxygen atoms in total. The molecule has 2 aromatic carbocycles.